The summed E-state index contributed by atoms with van der Waals surface area (Å²) in [6.45, 7) is 9.22. The van der Waals surface area contributed by atoms with Gasteiger partial charge in [0.2, 0.25) is 0 Å². The van der Waals surface area contributed by atoms with E-state index in [1.807, 2.05) is 13.0 Å². The van der Waals surface area contributed by atoms with Crippen LogP contribution in [0.3, 0.4) is 0 Å². The van der Waals surface area contributed by atoms with Crippen molar-refractivity contribution in [1.82, 2.24) is 0 Å². The molecule has 1 aliphatic carbocycles. The van der Waals surface area contributed by atoms with Crippen molar-refractivity contribution in [3.05, 3.63) is 45.2 Å². The fourth-order valence-corrected chi connectivity index (χ4v) is 4.54. The van der Waals surface area contributed by atoms with Crippen LogP contribution in [0.1, 0.15) is 76.0 Å². The summed E-state index contributed by atoms with van der Waals surface area (Å²) in [5.74, 6) is 6.37. The molecular weight excluding hydrogens is 352 g/mol. The lowest BCUT2D eigenvalue weighted by atomic mass is 9.73. The largest absolute Gasteiger partial charge is 0.466 e. The number of allylic oxidation sites excluding steroid dienone is 4. The smallest absolute Gasteiger partial charge is 0.305 e. The average molecular weight is 385 g/mol. The van der Waals surface area contributed by atoms with Crippen molar-refractivity contribution in [2.24, 2.45) is 5.41 Å². The standard InChI is InChI=1S/C24H32O2S/c1-5-26-23(25)15-9-7-13-21-17-16-20(27-21)12-6-8-14-22-19(2)11-10-18-24(22,3)4/h8,14,16-17H,5,7,9-11,13,15,18H2,1-4H3/b14-8+. The Bertz CT molecular complexity index is 753. The van der Waals surface area contributed by atoms with Crippen LogP contribution >= 0.6 is 11.3 Å². The lowest BCUT2D eigenvalue weighted by molar-refractivity contribution is -0.143. The average Bonchev–Trinajstić information content (AvgIpc) is 3.05. The number of carbonyl (C=O) groups is 1. The van der Waals surface area contributed by atoms with Crippen molar-refractivity contribution in [3.8, 4) is 11.8 Å². The first-order valence-electron chi connectivity index (χ1n) is 10.0. The molecule has 0 radical (unpaired) electrons. The highest BCUT2D eigenvalue weighted by Gasteiger charge is 2.26. The summed E-state index contributed by atoms with van der Waals surface area (Å²) in [7, 11) is 0. The van der Waals surface area contributed by atoms with E-state index in [2.05, 4.69) is 50.8 Å². The number of hydrogen-bond acceptors (Lipinski definition) is 3. The van der Waals surface area contributed by atoms with E-state index in [9.17, 15) is 4.79 Å². The molecule has 0 saturated carbocycles. The van der Waals surface area contributed by atoms with Crippen molar-refractivity contribution in [1.29, 1.82) is 0 Å². The van der Waals surface area contributed by atoms with E-state index in [0.717, 1.165) is 24.1 Å². The first kappa shape index (κ1) is 21.5. The van der Waals surface area contributed by atoms with Gasteiger partial charge in [-0.25, -0.2) is 0 Å². The molecule has 0 N–H and O–H groups in total. The molecule has 0 unspecified atom stereocenters. The van der Waals surface area contributed by atoms with Gasteiger partial charge in [0.1, 0.15) is 0 Å². The molecule has 0 aromatic carbocycles. The molecule has 0 saturated heterocycles. The van der Waals surface area contributed by atoms with Gasteiger partial charge in [-0.3, -0.25) is 4.79 Å². The number of ether oxygens (including phenoxy) is 1. The molecular formula is C24H32O2S. The molecule has 1 heterocycles. The third-order valence-electron chi connectivity index (χ3n) is 5.09. The van der Waals surface area contributed by atoms with Crippen molar-refractivity contribution in [2.75, 3.05) is 6.61 Å². The molecule has 146 valence electrons. The Morgan fingerprint density at radius 1 is 1.33 bits per heavy atom. The third-order valence-corrected chi connectivity index (χ3v) is 6.15. The molecule has 0 aliphatic heterocycles. The summed E-state index contributed by atoms with van der Waals surface area (Å²) >= 11 is 1.75. The van der Waals surface area contributed by atoms with Gasteiger partial charge in [0.25, 0.3) is 0 Å². The molecule has 0 fully saturated rings. The Morgan fingerprint density at radius 3 is 2.89 bits per heavy atom. The van der Waals surface area contributed by atoms with Crippen molar-refractivity contribution in [3.63, 3.8) is 0 Å². The number of aryl methyl sites for hydroxylation is 1. The normalized spacial score (nSPS) is 16.3. The molecule has 0 atom stereocenters. The van der Waals surface area contributed by atoms with Gasteiger partial charge in [0.15, 0.2) is 0 Å². The maximum absolute atomic E-state index is 11.3. The molecule has 1 aromatic rings. The van der Waals surface area contributed by atoms with E-state index in [-0.39, 0.29) is 11.4 Å². The first-order chi connectivity index (χ1) is 12.9. The summed E-state index contributed by atoms with van der Waals surface area (Å²) < 4.78 is 4.95. The van der Waals surface area contributed by atoms with Gasteiger partial charge in [0, 0.05) is 11.3 Å². The predicted octanol–water partition coefficient (Wildman–Crippen LogP) is 6.46. The highest BCUT2D eigenvalue weighted by Crippen LogP contribution is 2.40. The van der Waals surface area contributed by atoms with Gasteiger partial charge in [-0.05, 0) is 81.6 Å². The van der Waals surface area contributed by atoms with Gasteiger partial charge in [-0.15, -0.1) is 11.3 Å². The van der Waals surface area contributed by atoms with Crippen LogP contribution in [0.4, 0.5) is 0 Å². The summed E-state index contributed by atoms with van der Waals surface area (Å²) in [5.41, 5.74) is 3.22. The number of carbonyl (C=O) groups excluding carboxylic acids is 1. The summed E-state index contributed by atoms with van der Waals surface area (Å²) in [4.78, 5) is 13.8. The monoisotopic (exact) mass is 384 g/mol. The number of rotatable bonds is 7. The third kappa shape index (κ3) is 7.03. The molecule has 3 heteroatoms. The van der Waals surface area contributed by atoms with E-state index in [1.165, 1.54) is 35.3 Å². The van der Waals surface area contributed by atoms with Crippen LogP contribution in [-0.4, -0.2) is 12.6 Å². The second-order valence-electron chi connectivity index (χ2n) is 7.81. The van der Waals surface area contributed by atoms with E-state index in [0.29, 0.717) is 13.0 Å². The predicted molar refractivity (Wildman–Crippen MR) is 115 cm³/mol. The van der Waals surface area contributed by atoms with Crippen molar-refractivity contribution >= 4 is 17.3 Å². The van der Waals surface area contributed by atoms with Crippen molar-refractivity contribution in [2.45, 2.75) is 72.6 Å². The zero-order valence-corrected chi connectivity index (χ0v) is 18.0. The Hall–Kier alpha value is -1.79. The highest BCUT2D eigenvalue weighted by atomic mass is 32.1. The Balaban J connectivity index is 1.83. The molecule has 0 spiro atoms. The topological polar surface area (TPSA) is 26.3 Å². The molecule has 0 amide bonds. The van der Waals surface area contributed by atoms with Crippen LogP contribution in [0.25, 0.3) is 0 Å². The van der Waals surface area contributed by atoms with E-state index < -0.39 is 0 Å². The lowest BCUT2D eigenvalue weighted by Gasteiger charge is -2.32. The van der Waals surface area contributed by atoms with E-state index in [1.54, 1.807) is 11.3 Å². The van der Waals surface area contributed by atoms with Gasteiger partial charge >= 0.3 is 5.97 Å². The number of thiophene rings is 1. The van der Waals surface area contributed by atoms with Gasteiger partial charge in [0.05, 0.1) is 11.5 Å². The lowest BCUT2D eigenvalue weighted by Crippen LogP contribution is -2.18. The maximum Gasteiger partial charge on any atom is 0.305 e. The second-order valence-corrected chi connectivity index (χ2v) is 8.98. The van der Waals surface area contributed by atoms with Gasteiger partial charge in [-0.2, -0.15) is 0 Å². The van der Waals surface area contributed by atoms with Crippen molar-refractivity contribution < 1.29 is 9.53 Å². The van der Waals surface area contributed by atoms with Crippen LogP contribution in [-0.2, 0) is 16.0 Å². The Morgan fingerprint density at radius 2 is 2.15 bits per heavy atom. The van der Waals surface area contributed by atoms with Gasteiger partial charge < -0.3 is 4.74 Å². The van der Waals surface area contributed by atoms with E-state index >= 15 is 0 Å². The Labute approximate surface area is 168 Å². The molecule has 2 rings (SSSR count). The number of unbranched alkanes of at least 4 members (excludes halogenated alkanes) is 1. The number of esters is 1. The minimum absolute atomic E-state index is 0.0893. The second kappa shape index (κ2) is 10.5. The zero-order valence-electron chi connectivity index (χ0n) is 17.2. The zero-order chi connectivity index (χ0) is 19.7. The van der Waals surface area contributed by atoms with E-state index in [4.69, 9.17) is 4.74 Å². The molecule has 27 heavy (non-hydrogen) atoms. The van der Waals surface area contributed by atoms with Crippen LogP contribution in [0.5, 0.6) is 0 Å². The fraction of sp³-hybridized carbons (Fsp3) is 0.542. The maximum atomic E-state index is 11.3. The van der Waals surface area contributed by atoms with Crippen LogP contribution in [0.15, 0.2) is 35.4 Å². The minimum Gasteiger partial charge on any atom is -0.466 e. The quantitative estimate of drug-likeness (QED) is 0.306. The first-order valence-corrected chi connectivity index (χ1v) is 10.9. The summed E-state index contributed by atoms with van der Waals surface area (Å²) in [5, 5.41) is 0. The Kier molecular flexibility index (Phi) is 8.38. The molecule has 1 aliphatic rings. The van der Waals surface area contributed by atoms with Crippen LogP contribution in [0, 0.1) is 17.3 Å². The summed E-state index contributed by atoms with van der Waals surface area (Å²) in [6.07, 6.45) is 11.4. The van der Waals surface area contributed by atoms with Crippen LogP contribution < -0.4 is 0 Å². The molecule has 0 bridgehead atoms. The SMILES string of the molecule is CCOC(=O)CCCCc1ccc(C#C/C=C/C2=C(C)CCCC2(C)C)s1. The fourth-order valence-electron chi connectivity index (χ4n) is 3.63. The number of hydrogen-bond donors (Lipinski definition) is 0. The minimum atomic E-state index is -0.0893. The van der Waals surface area contributed by atoms with Crippen LogP contribution in [0.2, 0.25) is 0 Å². The van der Waals surface area contributed by atoms with Gasteiger partial charge in [-0.1, -0.05) is 37.3 Å². The highest BCUT2D eigenvalue weighted by molar-refractivity contribution is 7.12. The molecule has 1 aromatic heterocycles. The summed E-state index contributed by atoms with van der Waals surface area (Å²) in [6, 6.07) is 4.25. The molecule has 2 nitrogen and oxygen atoms in total.